The average Bonchev–Trinajstić information content (AvgIpc) is 2.95. The summed E-state index contributed by atoms with van der Waals surface area (Å²) in [4.78, 5) is 0. The van der Waals surface area contributed by atoms with Gasteiger partial charge in [-0.05, 0) is 61.4 Å². The second-order valence-corrected chi connectivity index (χ2v) is 5.06. The third kappa shape index (κ3) is 2.45. The highest BCUT2D eigenvalue weighted by Crippen LogP contribution is 2.28. The maximum Gasteiger partial charge on any atom is 0.248 e. The maximum absolute atomic E-state index is 5.96. The van der Waals surface area contributed by atoms with Crippen LogP contribution in [0, 0.1) is 13.8 Å². The van der Waals surface area contributed by atoms with Gasteiger partial charge in [0.15, 0.2) is 0 Å². The molecule has 5 nitrogen and oxygen atoms in total. The zero-order valence-corrected chi connectivity index (χ0v) is 11.9. The number of nitrogens with two attached hydrogens (primary N) is 2. The van der Waals surface area contributed by atoms with E-state index in [1.165, 1.54) is 0 Å². The van der Waals surface area contributed by atoms with Gasteiger partial charge < -0.3 is 15.9 Å². The number of nitrogen functional groups attached to an aromatic ring is 2. The highest BCUT2D eigenvalue weighted by molar-refractivity contribution is 5.66. The summed E-state index contributed by atoms with van der Waals surface area (Å²) in [7, 11) is 0. The summed E-state index contributed by atoms with van der Waals surface area (Å²) in [5, 5.41) is 8.19. The Morgan fingerprint density at radius 3 is 1.90 bits per heavy atom. The third-order valence-corrected chi connectivity index (χ3v) is 3.42. The van der Waals surface area contributed by atoms with Gasteiger partial charge in [0.05, 0.1) is 0 Å². The summed E-state index contributed by atoms with van der Waals surface area (Å²) < 4.78 is 5.74. The Bertz CT molecular complexity index is 767. The molecule has 1 aromatic heterocycles. The Morgan fingerprint density at radius 2 is 1.33 bits per heavy atom. The van der Waals surface area contributed by atoms with Gasteiger partial charge >= 0.3 is 0 Å². The molecule has 0 aliphatic rings. The second-order valence-electron chi connectivity index (χ2n) is 5.06. The van der Waals surface area contributed by atoms with E-state index in [-0.39, 0.29) is 0 Å². The molecule has 0 bridgehead atoms. The van der Waals surface area contributed by atoms with Crippen LogP contribution in [0.3, 0.4) is 0 Å². The second kappa shape index (κ2) is 4.94. The zero-order valence-electron chi connectivity index (χ0n) is 11.9. The smallest absolute Gasteiger partial charge is 0.248 e. The van der Waals surface area contributed by atoms with E-state index in [1.54, 1.807) is 12.1 Å². The molecule has 3 aromatic rings. The molecule has 0 aliphatic carbocycles. The molecule has 0 saturated heterocycles. The van der Waals surface area contributed by atoms with Gasteiger partial charge in [0, 0.05) is 22.5 Å². The molecule has 0 spiro atoms. The molecular formula is C16H16N4O. The molecule has 1 heterocycles. The highest BCUT2D eigenvalue weighted by Gasteiger charge is 2.12. The van der Waals surface area contributed by atoms with Gasteiger partial charge in [-0.2, -0.15) is 0 Å². The predicted molar refractivity (Wildman–Crippen MR) is 83.5 cm³/mol. The lowest BCUT2D eigenvalue weighted by molar-refractivity contribution is 0.584. The summed E-state index contributed by atoms with van der Waals surface area (Å²) >= 11 is 0. The molecule has 0 saturated carbocycles. The number of aromatic nitrogens is 2. The molecule has 0 radical (unpaired) electrons. The fourth-order valence-electron chi connectivity index (χ4n) is 2.18. The van der Waals surface area contributed by atoms with E-state index >= 15 is 0 Å². The van der Waals surface area contributed by atoms with Gasteiger partial charge in [-0.15, -0.1) is 10.2 Å². The zero-order chi connectivity index (χ0) is 15.0. The SMILES string of the molecule is Cc1cc(-c2nnc(-c3ccc(N)cc3)o2)cc(C)c1N. The van der Waals surface area contributed by atoms with E-state index in [0.29, 0.717) is 17.5 Å². The first-order valence-electron chi connectivity index (χ1n) is 6.61. The van der Waals surface area contributed by atoms with E-state index in [0.717, 1.165) is 27.9 Å². The summed E-state index contributed by atoms with van der Waals surface area (Å²) in [5.41, 5.74) is 16.8. The van der Waals surface area contributed by atoms with Gasteiger partial charge in [-0.1, -0.05) is 0 Å². The maximum atomic E-state index is 5.96. The summed E-state index contributed by atoms with van der Waals surface area (Å²) in [5.74, 6) is 0.949. The molecule has 0 aliphatic heterocycles. The molecule has 2 aromatic carbocycles. The number of hydrogen-bond acceptors (Lipinski definition) is 5. The van der Waals surface area contributed by atoms with Crippen molar-refractivity contribution in [3.63, 3.8) is 0 Å². The van der Waals surface area contributed by atoms with Gasteiger partial charge in [-0.3, -0.25) is 0 Å². The minimum Gasteiger partial charge on any atom is -0.416 e. The van der Waals surface area contributed by atoms with Gasteiger partial charge in [0.2, 0.25) is 11.8 Å². The van der Waals surface area contributed by atoms with Crippen LogP contribution >= 0.6 is 0 Å². The lowest BCUT2D eigenvalue weighted by atomic mass is 10.0. The van der Waals surface area contributed by atoms with Gasteiger partial charge in [-0.25, -0.2) is 0 Å². The van der Waals surface area contributed by atoms with Crippen molar-refractivity contribution in [2.75, 3.05) is 11.5 Å². The molecule has 0 fully saturated rings. The van der Waals surface area contributed by atoms with Crippen molar-refractivity contribution in [2.24, 2.45) is 0 Å². The third-order valence-electron chi connectivity index (χ3n) is 3.42. The van der Waals surface area contributed by atoms with Crippen LogP contribution in [0.2, 0.25) is 0 Å². The molecule has 21 heavy (non-hydrogen) atoms. The van der Waals surface area contributed by atoms with Gasteiger partial charge in [0.25, 0.3) is 0 Å². The number of anilines is 2. The Morgan fingerprint density at radius 1 is 0.810 bits per heavy atom. The Labute approximate surface area is 122 Å². The van der Waals surface area contributed by atoms with E-state index in [1.807, 2.05) is 38.1 Å². The van der Waals surface area contributed by atoms with Crippen LogP contribution in [0.4, 0.5) is 11.4 Å². The topological polar surface area (TPSA) is 91.0 Å². The van der Waals surface area contributed by atoms with Crippen LogP contribution in [0.5, 0.6) is 0 Å². The molecule has 4 N–H and O–H groups in total. The number of rotatable bonds is 2. The molecular weight excluding hydrogens is 264 g/mol. The van der Waals surface area contributed by atoms with Crippen molar-refractivity contribution >= 4 is 11.4 Å². The minimum absolute atomic E-state index is 0.470. The lowest BCUT2D eigenvalue weighted by Crippen LogP contribution is -1.94. The Hall–Kier alpha value is -2.82. The first kappa shape index (κ1) is 13.2. The molecule has 0 atom stereocenters. The number of aryl methyl sites for hydroxylation is 2. The highest BCUT2D eigenvalue weighted by atomic mass is 16.4. The van der Waals surface area contributed by atoms with Crippen LogP contribution in [0.1, 0.15) is 11.1 Å². The monoisotopic (exact) mass is 280 g/mol. The minimum atomic E-state index is 0.470. The van der Waals surface area contributed by atoms with Crippen molar-refractivity contribution < 1.29 is 4.42 Å². The number of benzene rings is 2. The molecule has 0 unspecified atom stereocenters. The fourth-order valence-corrected chi connectivity index (χ4v) is 2.18. The lowest BCUT2D eigenvalue weighted by Gasteiger charge is -2.05. The van der Waals surface area contributed by atoms with E-state index in [2.05, 4.69) is 10.2 Å². The van der Waals surface area contributed by atoms with E-state index < -0.39 is 0 Å². The van der Waals surface area contributed by atoms with Crippen LogP contribution in [0.15, 0.2) is 40.8 Å². The van der Waals surface area contributed by atoms with Crippen molar-refractivity contribution in [1.29, 1.82) is 0 Å². The summed E-state index contributed by atoms with van der Waals surface area (Å²) in [6, 6.07) is 11.2. The quantitative estimate of drug-likeness (QED) is 0.703. The predicted octanol–water partition coefficient (Wildman–Crippen LogP) is 3.18. The van der Waals surface area contributed by atoms with Crippen molar-refractivity contribution in [3.8, 4) is 22.9 Å². The van der Waals surface area contributed by atoms with E-state index in [9.17, 15) is 0 Å². The van der Waals surface area contributed by atoms with Crippen molar-refractivity contribution in [2.45, 2.75) is 13.8 Å². The largest absolute Gasteiger partial charge is 0.416 e. The Kier molecular flexibility index (Phi) is 3.10. The summed E-state index contributed by atoms with van der Waals surface area (Å²) in [6.45, 7) is 3.92. The number of hydrogen-bond donors (Lipinski definition) is 2. The normalized spacial score (nSPS) is 10.8. The van der Waals surface area contributed by atoms with E-state index in [4.69, 9.17) is 15.9 Å². The fraction of sp³-hybridized carbons (Fsp3) is 0.125. The van der Waals surface area contributed by atoms with Crippen LogP contribution < -0.4 is 11.5 Å². The summed E-state index contributed by atoms with van der Waals surface area (Å²) in [6.07, 6.45) is 0. The first-order chi connectivity index (χ1) is 10.0. The first-order valence-corrected chi connectivity index (χ1v) is 6.61. The molecule has 3 rings (SSSR count). The van der Waals surface area contributed by atoms with Crippen molar-refractivity contribution in [1.82, 2.24) is 10.2 Å². The number of nitrogens with zero attached hydrogens (tertiary/aromatic N) is 2. The standard InChI is InChI=1S/C16H16N4O/c1-9-7-12(8-10(2)14(9)18)16-20-19-15(21-16)11-3-5-13(17)6-4-11/h3-8H,17-18H2,1-2H3. The van der Waals surface area contributed by atoms with Crippen molar-refractivity contribution in [3.05, 3.63) is 47.5 Å². The van der Waals surface area contributed by atoms with Crippen LogP contribution in [-0.2, 0) is 0 Å². The molecule has 106 valence electrons. The van der Waals surface area contributed by atoms with Gasteiger partial charge in [0.1, 0.15) is 0 Å². The molecule has 5 heteroatoms. The van der Waals surface area contributed by atoms with Crippen LogP contribution in [-0.4, -0.2) is 10.2 Å². The Balaban J connectivity index is 2.00. The molecule has 0 amide bonds. The van der Waals surface area contributed by atoms with Crippen LogP contribution in [0.25, 0.3) is 22.9 Å². The average molecular weight is 280 g/mol.